The zero-order chi connectivity index (χ0) is 18.9. The van der Waals surface area contributed by atoms with Crippen molar-refractivity contribution in [3.8, 4) is 0 Å². The molecule has 0 atom stereocenters. The maximum Gasteiger partial charge on any atom is 0.263 e. The van der Waals surface area contributed by atoms with Crippen molar-refractivity contribution < 1.29 is 17.6 Å². The second-order valence-electron chi connectivity index (χ2n) is 6.29. The quantitative estimate of drug-likeness (QED) is 0.711. The fourth-order valence-electron chi connectivity index (χ4n) is 3.14. The number of rotatable bonds is 5. The van der Waals surface area contributed by atoms with Crippen molar-refractivity contribution in [1.29, 1.82) is 0 Å². The number of fused-ring (bicyclic) bond motifs is 1. The molecule has 2 aromatic heterocycles. The lowest BCUT2D eigenvalue weighted by atomic mass is 10.0. The van der Waals surface area contributed by atoms with Gasteiger partial charge in [-0.15, -0.1) is 11.3 Å². The standard InChI is InChI=1S/C19H18N2O4S2/c22-19(20-11-14-6-9-25-13-14)18-17(7-10-26-18)27(23,24)21-8-5-15-3-1-2-4-16(15)12-21/h1-4,6-7,9-10,13H,5,8,11-12H2,(H,20,22). The number of carbonyl (C=O) groups is 1. The van der Waals surface area contributed by atoms with Crippen LogP contribution in [-0.2, 0) is 29.5 Å². The van der Waals surface area contributed by atoms with Crippen molar-refractivity contribution in [3.05, 3.63) is 75.9 Å². The van der Waals surface area contributed by atoms with E-state index in [1.54, 1.807) is 11.4 Å². The van der Waals surface area contributed by atoms with Gasteiger partial charge in [0, 0.05) is 25.2 Å². The third-order valence-electron chi connectivity index (χ3n) is 4.58. The van der Waals surface area contributed by atoms with E-state index < -0.39 is 15.9 Å². The SMILES string of the molecule is O=C(NCc1ccoc1)c1sccc1S(=O)(=O)N1CCc2ccccc2C1. The van der Waals surface area contributed by atoms with Gasteiger partial charge in [-0.3, -0.25) is 4.79 Å². The van der Waals surface area contributed by atoms with Crippen molar-refractivity contribution in [2.24, 2.45) is 0 Å². The number of furan rings is 1. The third kappa shape index (κ3) is 3.55. The Balaban J connectivity index is 1.55. The first-order valence-corrected chi connectivity index (χ1v) is 10.8. The predicted molar refractivity (Wildman–Crippen MR) is 102 cm³/mol. The lowest BCUT2D eigenvalue weighted by Gasteiger charge is -2.28. The van der Waals surface area contributed by atoms with Gasteiger partial charge < -0.3 is 9.73 Å². The Hall–Kier alpha value is -2.42. The molecule has 1 aromatic carbocycles. The van der Waals surface area contributed by atoms with E-state index in [0.717, 1.165) is 22.5 Å². The van der Waals surface area contributed by atoms with Crippen LogP contribution in [0, 0.1) is 0 Å². The summed E-state index contributed by atoms with van der Waals surface area (Å²) in [6.07, 6.45) is 3.73. The molecule has 1 aliphatic heterocycles. The molecule has 4 rings (SSSR count). The molecule has 8 heteroatoms. The third-order valence-corrected chi connectivity index (χ3v) is 7.51. The number of thiophene rings is 1. The van der Waals surface area contributed by atoms with Crippen molar-refractivity contribution in [2.75, 3.05) is 6.54 Å². The summed E-state index contributed by atoms with van der Waals surface area (Å²) < 4.78 is 32.7. The number of nitrogens with one attached hydrogen (secondary N) is 1. The minimum absolute atomic E-state index is 0.0663. The first kappa shape index (κ1) is 18.0. The Kier molecular flexibility index (Phi) is 4.86. The maximum absolute atomic E-state index is 13.2. The van der Waals surface area contributed by atoms with Crippen LogP contribution >= 0.6 is 11.3 Å². The summed E-state index contributed by atoms with van der Waals surface area (Å²) in [6.45, 7) is 1.01. The summed E-state index contributed by atoms with van der Waals surface area (Å²) >= 11 is 1.13. The number of nitrogens with zero attached hydrogens (tertiary/aromatic N) is 1. The van der Waals surface area contributed by atoms with Crippen LogP contribution in [0.25, 0.3) is 0 Å². The highest BCUT2D eigenvalue weighted by molar-refractivity contribution is 7.89. The Labute approximate surface area is 161 Å². The molecular weight excluding hydrogens is 384 g/mol. The maximum atomic E-state index is 13.2. The summed E-state index contributed by atoms with van der Waals surface area (Å²) in [5, 5.41) is 4.38. The van der Waals surface area contributed by atoms with Crippen molar-refractivity contribution >= 4 is 27.3 Å². The Morgan fingerprint density at radius 1 is 1.19 bits per heavy atom. The molecule has 0 aliphatic carbocycles. The smallest absolute Gasteiger partial charge is 0.263 e. The summed E-state index contributed by atoms with van der Waals surface area (Å²) in [6, 6.07) is 11.1. The van der Waals surface area contributed by atoms with Crippen LogP contribution < -0.4 is 5.32 Å². The molecule has 1 amide bonds. The summed E-state index contributed by atoms with van der Waals surface area (Å²) in [7, 11) is -3.74. The molecule has 27 heavy (non-hydrogen) atoms. The second kappa shape index (κ2) is 7.30. The number of carbonyl (C=O) groups excluding carboxylic acids is 1. The molecule has 0 fully saturated rings. The average Bonchev–Trinajstić information content (AvgIpc) is 3.37. The highest BCUT2D eigenvalue weighted by Gasteiger charge is 2.32. The summed E-state index contributed by atoms with van der Waals surface area (Å²) in [5.41, 5.74) is 3.00. The first-order valence-electron chi connectivity index (χ1n) is 8.49. The fraction of sp³-hybridized carbons (Fsp3) is 0.211. The highest BCUT2D eigenvalue weighted by Crippen LogP contribution is 2.29. The molecule has 0 saturated carbocycles. The molecule has 0 radical (unpaired) electrons. The van der Waals surface area contributed by atoms with Gasteiger partial charge in [0.25, 0.3) is 5.91 Å². The second-order valence-corrected chi connectivity index (χ2v) is 9.11. The van der Waals surface area contributed by atoms with E-state index in [4.69, 9.17) is 4.42 Å². The zero-order valence-corrected chi connectivity index (χ0v) is 16.1. The Morgan fingerprint density at radius 3 is 2.78 bits per heavy atom. The van der Waals surface area contributed by atoms with Crippen LogP contribution in [0.3, 0.4) is 0 Å². The van der Waals surface area contributed by atoms with Gasteiger partial charge in [0.05, 0.1) is 12.5 Å². The molecule has 0 saturated heterocycles. The molecule has 140 valence electrons. The fourth-order valence-corrected chi connectivity index (χ4v) is 5.87. The first-order chi connectivity index (χ1) is 13.1. The zero-order valence-electron chi connectivity index (χ0n) is 14.4. The summed E-state index contributed by atoms with van der Waals surface area (Å²) in [5.74, 6) is -0.401. The highest BCUT2D eigenvalue weighted by atomic mass is 32.2. The van der Waals surface area contributed by atoms with E-state index in [0.29, 0.717) is 19.5 Å². The lowest BCUT2D eigenvalue weighted by molar-refractivity contribution is 0.0952. The molecule has 0 unspecified atom stereocenters. The molecule has 0 spiro atoms. The van der Waals surface area contributed by atoms with E-state index in [-0.39, 0.29) is 16.3 Å². The van der Waals surface area contributed by atoms with Crippen molar-refractivity contribution in [3.63, 3.8) is 0 Å². The Bertz CT molecular complexity index is 1060. The number of hydrogen-bond acceptors (Lipinski definition) is 5. The monoisotopic (exact) mass is 402 g/mol. The lowest BCUT2D eigenvalue weighted by Crippen LogP contribution is -2.36. The van der Waals surface area contributed by atoms with Crippen molar-refractivity contribution in [1.82, 2.24) is 9.62 Å². The van der Waals surface area contributed by atoms with Crippen LogP contribution in [0.4, 0.5) is 0 Å². The normalized spacial score (nSPS) is 14.7. The van der Waals surface area contributed by atoms with Gasteiger partial charge in [-0.05, 0) is 35.1 Å². The molecule has 6 nitrogen and oxygen atoms in total. The minimum Gasteiger partial charge on any atom is -0.472 e. The molecular formula is C19H18N2O4S2. The van der Waals surface area contributed by atoms with E-state index in [1.165, 1.54) is 28.5 Å². The number of hydrogen-bond donors (Lipinski definition) is 1. The van der Waals surface area contributed by atoms with Crippen LogP contribution in [0.2, 0.25) is 0 Å². The van der Waals surface area contributed by atoms with Gasteiger partial charge in [0.15, 0.2) is 0 Å². The molecule has 3 heterocycles. The molecule has 0 bridgehead atoms. The van der Waals surface area contributed by atoms with Crippen LogP contribution in [0.5, 0.6) is 0 Å². The van der Waals surface area contributed by atoms with E-state index in [2.05, 4.69) is 5.32 Å². The van der Waals surface area contributed by atoms with Gasteiger partial charge in [-0.25, -0.2) is 8.42 Å². The van der Waals surface area contributed by atoms with E-state index >= 15 is 0 Å². The molecule has 3 aromatic rings. The van der Waals surface area contributed by atoms with Crippen LogP contribution in [0.1, 0.15) is 26.4 Å². The van der Waals surface area contributed by atoms with Gasteiger partial charge in [-0.2, -0.15) is 4.31 Å². The molecule has 1 N–H and O–H groups in total. The summed E-state index contributed by atoms with van der Waals surface area (Å²) in [4.78, 5) is 12.8. The average molecular weight is 402 g/mol. The predicted octanol–water partition coefficient (Wildman–Crippen LogP) is 3.02. The van der Waals surface area contributed by atoms with Crippen molar-refractivity contribution in [2.45, 2.75) is 24.4 Å². The largest absolute Gasteiger partial charge is 0.472 e. The van der Waals surface area contributed by atoms with Gasteiger partial charge in [0.1, 0.15) is 9.77 Å². The van der Waals surface area contributed by atoms with E-state index in [1.807, 2.05) is 24.3 Å². The Morgan fingerprint density at radius 2 is 2.00 bits per heavy atom. The number of amides is 1. The minimum atomic E-state index is -3.74. The van der Waals surface area contributed by atoms with E-state index in [9.17, 15) is 13.2 Å². The topological polar surface area (TPSA) is 79.6 Å². The molecule has 1 aliphatic rings. The number of benzene rings is 1. The van der Waals surface area contributed by atoms with Crippen LogP contribution in [0.15, 0.2) is 63.6 Å². The number of sulfonamides is 1. The van der Waals surface area contributed by atoms with Gasteiger partial charge >= 0.3 is 0 Å². The van der Waals surface area contributed by atoms with Gasteiger partial charge in [0.2, 0.25) is 10.0 Å². The van der Waals surface area contributed by atoms with Crippen LogP contribution in [-0.4, -0.2) is 25.2 Å². The van der Waals surface area contributed by atoms with Gasteiger partial charge in [-0.1, -0.05) is 24.3 Å².